The third-order valence-electron chi connectivity index (χ3n) is 3.38. The molecule has 1 aliphatic heterocycles. The fraction of sp³-hybridized carbons (Fsp3) is 0.538. The van der Waals surface area contributed by atoms with Crippen LogP contribution in [0.3, 0.4) is 0 Å². The molecule has 1 saturated heterocycles. The number of nitrogens with two attached hydrogens (primary N) is 1. The lowest BCUT2D eigenvalue weighted by Gasteiger charge is -2.24. The van der Waals surface area contributed by atoms with Crippen molar-refractivity contribution in [1.82, 2.24) is 9.88 Å². The first-order valence-electron chi connectivity index (χ1n) is 6.40. The van der Waals surface area contributed by atoms with Crippen LogP contribution in [-0.2, 0) is 0 Å². The highest BCUT2D eigenvalue weighted by Gasteiger charge is 2.17. The molecule has 2 rings (SSSR count). The number of hydrogen-bond donors (Lipinski definition) is 2. The van der Waals surface area contributed by atoms with E-state index in [-0.39, 0.29) is 0 Å². The van der Waals surface area contributed by atoms with Crippen LogP contribution in [0.25, 0.3) is 0 Å². The number of carbonyl (C=O) groups excluding carboxylic acids is 1. The van der Waals surface area contributed by atoms with Gasteiger partial charge >= 0.3 is 0 Å². The molecule has 1 fully saturated rings. The number of likely N-dealkylation sites (tertiary alicyclic amines) is 1. The smallest absolute Gasteiger partial charge is 0.267 e. The molecule has 1 aromatic heterocycles. The van der Waals surface area contributed by atoms with Gasteiger partial charge in [0.1, 0.15) is 5.69 Å². The second kappa shape index (κ2) is 5.82. The number of aromatic nitrogens is 1. The van der Waals surface area contributed by atoms with E-state index < -0.39 is 5.91 Å². The lowest BCUT2D eigenvalue weighted by molar-refractivity contribution is 0.0995. The first-order valence-corrected chi connectivity index (χ1v) is 6.40. The average Bonchev–Trinajstić information content (AvgIpc) is 2.90. The zero-order valence-corrected chi connectivity index (χ0v) is 10.7. The third-order valence-corrected chi connectivity index (χ3v) is 3.38. The van der Waals surface area contributed by atoms with Crippen molar-refractivity contribution >= 4 is 11.6 Å². The van der Waals surface area contributed by atoms with Crippen molar-refractivity contribution in [3.05, 3.63) is 24.0 Å². The van der Waals surface area contributed by atoms with E-state index in [1.165, 1.54) is 25.9 Å². The molecule has 0 spiro atoms. The van der Waals surface area contributed by atoms with Gasteiger partial charge in [-0.25, -0.2) is 0 Å². The van der Waals surface area contributed by atoms with E-state index in [1.807, 2.05) is 6.07 Å². The summed E-state index contributed by atoms with van der Waals surface area (Å²) in [5.41, 5.74) is 6.39. The number of nitrogens with zero attached hydrogens (tertiary/aromatic N) is 2. The molecule has 1 aliphatic rings. The molecule has 2 heterocycles. The molecule has 1 unspecified atom stereocenters. The van der Waals surface area contributed by atoms with Gasteiger partial charge < -0.3 is 11.1 Å². The van der Waals surface area contributed by atoms with Crippen molar-refractivity contribution in [3.8, 4) is 0 Å². The van der Waals surface area contributed by atoms with E-state index in [1.54, 1.807) is 12.3 Å². The Morgan fingerprint density at radius 3 is 2.94 bits per heavy atom. The summed E-state index contributed by atoms with van der Waals surface area (Å²) in [6.07, 6.45) is 4.19. The number of carbonyl (C=O) groups is 1. The van der Waals surface area contributed by atoms with E-state index in [0.717, 1.165) is 12.2 Å². The number of nitrogens with one attached hydrogen (secondary N) is 1. The fourth-order valence-corrected chi connectivity index (χ4v) is 2.25. The van der Waals surface area contributed by atoms with Gasteiger partial charge in [0.05, 0.1) is 0 Å². The molecule has 0 saturated carbocycles. The Morgan fingerprint density at radius 1 is 1.56 bits per heavy atom. The highest BCUT2D eigenvalue weighted by Crippen LogP contribution is 2.13. The molecule has 0 aromatic carbocycles. The van der Waals surface area contributed by atoms with Crippen LogP contribution in [0.4, 0.5) is 5.69 Å². The number of rotatable bonds is 5. The van der Waals surface area contributed by atoms with Crippen LogP contribution >= 0.6 is 0 Å². The summed E-state index contributed by atoms with van der Waals surface area (Å²) in [6.45, 7) is 5.45. The van der Waals surface area contributed by atoms with Crippen LogP contribution < -0.4 is 11.1 Å². The zero-order valence-electron chi connectivity index (χ0n) is 10.7. The van der Waals surface area contributed by atoms with Crippen molar-refractivity contribution in [3.63, 3.8) is 0 Å². The summed E-state index contributed by atoms with van der Waals surface area (Å²) in [6, 6.07) is 4.04. The quantitative estimate of drug-likeness (QED) is 0.818. The summed E-state index contributed by atoms with van der Waals surface area (Å²) in [5.74, 6) is -0.494. The predicted molar refractivity (Wildman–Crippen MR) is 71.5 cm³/mol. The lowest BCUT2D eigenvalue weighted by Crippen LogP contribution is -2.35. The molecule has 18 heavy (non-hydrogen) atoms. The van der Waals surface area contributed by atoms with Gasteiger partial charge in [-0.05, 0) is 45.0 Å². The van der Waals surface area contributed by atoms with Gasteiger partial charge in [0.15, 0.2) is 0 Å². The Morgan fingerprint density at radius 2 is 2.28 bits per heavy atom. The highest BCUT2D eigenvalue weighted by atomic mass is 16.1. The summed E-state index contributed by atoms with van der Waals surface area (Å²) in [5, 5.41) is 3.33. The van der Waals surface area contributed by atoms with Gasteiger partial charge in [-0.3, -0.25) is 14.7 Å². The predicted octanol–water partition coefficient (Wildman–Crippen LogP) is 1.08. The molecule has 1 aromatic rings. The maximum atomic E-state index is 11.0. The summed E-state index contributed by atoms with van der Waals surface area (Å²) >= 11 is 0. The Bertz CT molecular complexity index is 415. The normalized spacial score (nSPS) is 17.6. The Kier molecular flexibility index (Phi) is 4.15. The van der Waals surface area contributed by atoms with Crippen molar-refractivity contribution < 1.29 is 4.79 Å². The SMILES string of the molecule is CC(CNc1ccnc(C(N)=O)c1)N1CCCC1. The minimum atomic E-state index is -0.494. The molecule has 0 radical (unpaired) electrons. The van der Waals surface area contributed by atoms with E-state index >= 15 is 0 Å². The molecular weight excluding hydrogens is 228 g/mol. The number of primary amides is 1. The van der Waals surface area contributed by atoms with Gasteiger partial charge in [0, 0.05) is 24.5 Å². The maximum Gasteiger partial charge on any atom is 0.267 e. The van der Waals surface area contributed by atoms with Crippen molar-refractivity contribution in [2.75, 3.05) is 25.0 Å². The van der Waals surface area contributed by atoms with Crippen LogP contribution in [0.5, 0.6) is 0 Å². The molecule has 3 N–H and O–H groups in total. The summed E-state index contributed by atoms with van der Waals surface area (Å²) < 4.78 is 0. The maximum absolute atomic E-state index is 11.0. The van der Waals surface area contributed by atoms with Crippen LogP contribution in [-0.4, -0.2) is 41.5 Å². The largest absolute Gasteiger partial charge is 0.383 e. The first kappa shape index (κ1) is 12.8. The monoisotopic (exact) mass is 248 g/mol. The molecule has 0 aliphatic carbocycles. The van der Waals surface area contributed by atoms with Crippen LogP contribution in [0.15, 0.2) is 18.3 Å². The minimum Gasteiger partial charge on any atom is -0.383 e. The fourth-order valence-electron chi connectivity index (χ4n) is 2.25. The summed E-state index contributed by atoms with van der Waals surface area (Å²) in [4.78, 5) is 17.4. The zero-order chi connectivity index (χ0) is 13.0. The second-order valence-electron chi connectivity index (χ2n) is 4.77. The van der Waals surface area contributed by atoms with Crippen LogP contribution in [0.2, 0.25) is 0 Å². The van der Waals surface area contributed by atoms with E-state index in [2.05, 4.69) is 22.1 Å². The van der Waals surface area contributed by atoms with Crippen molar-refractivity contribution in [1.29, 1.82) is 0 Å². The first-order chi connectivity index (χ1) is 8.66. The number of anilines is 1. The topological polar surface area (TPSA) is 71.2 Å². The minimum absolute atomic E-state index is 0.300. The lowest BCUT2D eigenvalue weighted by atomic mass is 10.2. The Balaban J connectivity index is 1.89. The van der Waals surface area contributed by atoms with Crippen molar-refractivity contribution in [2.24, 2.45) is 5.73 Å². The Hall–Kier alpha value is -1.62. The average molecular weight is 248 g/mol. The van der Waals surface area contributed by atoms with Crippen LogP contribution in [0, 0.1) is 0 Å². The third kappa shape index (κ3) is 3.20. The Labute approximate surface area is 107 Å². The van der Waals surface area contributed by atoms with Gasteiger partial charge in [-0.1, -0.05) is 0 Å². The molecule has 0 bridgehead atoms. The van der Waals surface area contributed by atoms with E-state index in [4.69, 9.17) is 5.73 Å². The standard InChI is InChI=1S/C13H20N4O/c1-10(17-6-2-3-7-17)9-16-11-4-5-15-12(8-11)13(14)18/h4-5,8,10H,2-3,6-7,9H2,1H3,(H2,14,18)(H,15,16). The van der Waals surface area contributed by atoms with E-state index in [0.29, 0.717) is 11.7 Å². The van der Waals surface area contributed by atoms with Gasteiger partial charge in [0.2, 0.25) is 0 Å². The van der Waals surface area contributed by atoms with Gasteiger partial charge in [-0.15, -0.1) is 0 Å². The molecule has 1 amide bonds. The van der Waals surface area contributed by atoms with E-state index in [9.17, 15) is 4.79 Å². The second-order valence-corrected chi connectivity index (χ2v) is 4.77. The van der Waals surface area contributed by atoms with Gasteiger partial charge in [0.25, 0.3) is 5.91 Å². The number of amides is 1. The highest BCUT2D eigenvalue weighted by molar-refractivity contribution is 5.91. The molecule has 1 atom stereocenters. The number of pyridine rings is 1. The van der Waals surface area contributed by atoms with Crippen LogP contribution in [0.1, 0.15) is 30.3 Å². The van der Waals surface area contributed by atoms with Crippen molar-refractivity contribution in [2.45, 2.75) is 25.8 Å². The van der Waals surface area contributed by atoms with Gasteiger partial charge in [-0.2, -0.15) is 0 Å². The molecule has 5 nitrogen and oxygen atoms in total. The number of hydrogen-bond acceptors (Lipinski definition) is 4. The molecular formula is C13H20N4O. The molecule has 98 valence electrons. The summed E-state index contributed by atoms with van der Waals surface area (Å²) in [7, 11) is 0. The molecule has 5 heteroatoms.